The van der Waals surface area contributed by atoms with Gasteiger partial charge in [-0.15, -0.1) is 0 Å². The third-order valence-electron chi connectivity index (χ3n) is 1.84. The number of rotatable bonds is 2. The first-order valence-electron chi connectivity index (χ1n) is 3.56. The number of aliphatic hydroxyl groups is 5. The van der Waals surface area contributed by atoms with Gasteiger partial charge in [-0.1, -0.05) is 0 Å². The average Bonchev–Trinajstić information content (AvgIpc) is 2.32. The van der Waals surface area contributed by atoms with E-state index in [9.17, 15) is 0 Å². The quantitative estimate of drug-likeness (QED) is 0.306. The smallest absolute Gasteiger partial charge is 0.184 e. The average molecular weight is 180 g/mol. The van der Waals surface area contributed by atoms with Gasteiger partial charge in [-0.25, -0.2) is 0 Å². The minimum atomic E-state index is -1.51. The van der Waals surface area contributed by atoms with E-state index in [1.165, 1.54) is 0 Å². The fourth-order valence-electron chi connectivity index (χ4n) is 1.11. The van der Waals surface area contributed by atoms with Gasteiger partial charge in [-0.2, -0.15) is 0 Å². The van der Waals surface area contributed by atoms with Gasteiger partial charge in [-0.05, 0) is 0 Å². The van der Waals surface area contributed by atoms with Crippen LogP contribution in [-0.4, -0.2) is 62.8 Å². The summed E-state index contributed by atoms with van der Waals surface area (Å²) < 4.78 is 4.58. The highest BCUT2D eigenvalue weighted by Crippen LogP contribution is 2.21. The highest BCUT2D eigenvalue weighted by atomic mass is 16.6. The van der Waals surface area contributed by atoms with Crippen molar-refractivity contribution < 1.29 is 30.3 Å². The molecule has 0 aliphatic carbocycles. The lowest BCUT2D eigenvalue weighted by Crippen LogP contribution is -2.40. The van der Waals surface area contributed by atoms with Gasteiger partial charge in [0.1, 0.15) is 24.4 Å². The summed E-state index contributed by atoms with van der Waals surface area (Å²) in [7, 11) is 0. The molecule has 1 saturated heterocycles. The van der Waals surface area contributed by atoms with Crippen LogP contribution in [0, 0.1) is 0 Å². The molecule has 0 bridgehead atoms. The van der Waals surface area contributed by atoms with Crippen molar-refractivity contribution in [3.8, 4) is 0 Å². The molecule has 0 amide bonds. The molecule has 0 aromatic rings. The van der Waals surface area contributed by atoms with Crippen molar-refractivity contribution in [1.82, 2.24) is 0 Å². The van der Waals surface area contributed by atoms with Gasteiger partial charge >= 0.3 is 0 Å². The molecule has 1 aliphatic rings. The van der Waals surface area contributed by atoms with Gasteiger partial charge in [-0.3, -0.25) is 0 Å². The summed E-state index contributed by atoms with van der Waals surface area (Å²) in [5.74, 6) is 0. The van der Waals surface area contributed by atoms with Crippen molar-refractivity contribution in [1.29, 1.82) is 0 Å². The van der Waals surface area contributed by atoms with E-state index in [-0.39, 0.29) is 0 Å². The largest absolute Gasteiger partial charge is 0.394 e. The second-order valence-corrected chi connectivity index (χ2v) is 2.72. The topological polar surface area (TPSA) is 110 Å². The summed E-state index contributed by atoms with van der Waals surface area (Å²) in [5, 5.41) is 44.4. The van der Waals surface area contributed by atoms with Crippen LogP contribution in [0.25, 0.3) is 0 Å². The highest BCUT2D eigenvalue weighted by molar-refractivity contribution is 4.89. The molecule has 0 saturated carbocycles. The second-order valence-electron chi connectivity index (χ2n) is 2.72. The zero-order chi connectivity index (χ0) is 9.30. The van der Waals surface area contributed by atoms with Crippen LogP contribution in [-0.2, 0) is 4.74 Å². The minimum Gasteiger partial charge on any atom is -0.394 e. The van der Waals surface area contributed by atoms with Crippen LogP contribution in [0.5, 0.6) is 0 Å². The van der Waals surface area contributed by atoms with Gasteiger partial charge in [0.25, 0.3) is 0 Å². The monoisotopic (exact) mass is 180 g/mol. The number of aliphatic hydroxyl groups excluding tert-OH is 5. The second kappa shape index (κ2) is 3.65. The van der Waals surface area contributed by atoms with Crippen molar-refractivity contribution in [2.45, 2.75) is 30.7 Å². The normalized spacial score (nSPS) is 44.8. The van der Waals surface area contributed by atoms with Crippen molar-refractivity contribution >= 4 is 0 Å². The van der Waals surface area contributed by atoms with Crippen LogP contribution >= 0.6 is 0 Å². The van der Waals surface area contributed by atoms with Gasteiger partial charge in [0.15, 0.2) is 6.29 Å². The van der Waals surface area contributed by atoms with E-state index in [0.717, 1.165) is 0 Å². The van der Waals surface area contributed by atoms with Gasteiger partial charge in [0.05, 0.1) is 6.61 Å². The summed E-state index contributed by atoms with van der Waals surface area (Å²) in [6.07, 6.45) is -6.75. The van der Waals surface area contributed by atoms with Gasteiger partial charge in [0, 0.05) is 0 Å². The third-order valence-corrected chi connectivity index (χ3v) is 1.84. The maximum atomic E-state index is 9.12. The van der Waals surface area contributed by atoms with Crippen molar-refractivity contribution in [3.05, 3.63) is 0 Å². The predicted octanol–water partition coefficient (Wildman–Crippen LogP) is -3.22. The van der Waals surface area contributed by atoms with Gasteiger partial charge < -0.3 is 30.3 Å². The zero-order valence-electron chi connectivity index (χ0n) is 6.24. The molecule has 1 heterocycles. The number of hydrogen-bond acceptors (Lipinski definition) is 6. The van der Waals surface area contributed by atoms with E-state index in [4.69, 9.17) is 25.5 Å². The minimum absolute atomic E-state index is 0.596. The Kier molecular flexibility index (Phi) is 2.99. The van der Waals surface area contributed by atoms with E-state index in [1.807, 2.05) is 0 Å². The first-order chi connectivity index (χ1) is 5.57. The Morgan fingerprint density at radius 1 is 1.17 bits per heavy atom. The van der Waals surface area contributed by atoms with Gasteiger partial charge in [0.2, 0.25) is 0 Å². The standard InChI is InChI=1S/C6H12O6/c7-1-2(8)5-3(9)4(10)6(11)12-5/h2-11H,1H2/t2?,3-,4?,5+,6?/m1/s1. The van der Waals surface area contributed by atoms with Crippen LogP contribution in [0.3, 0.4) is 0 Å². The Morgan fingerprint density at radius 3 is 2.08 bits per heavy atom. The molecule has 0 aromatic carbocycles. The van der Waals surface area contributed by atoms with E-state index in [0.29, 0.717) is 0 Å². The third kappa shape index (κ3) is 1.58. The van der Waals surface area contributed by atoms with Crippen LogP contribution in [0.4, 0.5) is 0 Å². The zero-order valence-corrected chi connectivity index (χ0v) is 6.24. The van der Waals surface area contributed by atoms with Crippen molar-refractivity contribution in [2.75, 3.05) is 6.61 Å². The maximum Gasteiger partial charge on any atom is 0.184 e. The maximum absolute atomic E-state index is 9.12. The molecular weight excluding hydrogens is 168 g/mol. The Labute approximate surface area is 68.6 Å². The molecule has 12 heavy (non-hydrogen) atoms. The lowest BCUT2D eigenvalue weighted by Gasteiger charge is -2.18. The molecule has 1 rings (SSSR count). The number of ether oxygens (including phenoxy) is 1. The fraction of sp³-hybridized carbons (Fsp3) is 1.00. The van der Waals surface area contributed by atoms with E-state index in [2.05, 4.69) is 4.74 Å². The molecule has 3 unspecified atom stereocenters. The van der Waals surface area contributed by atoms with Crippen LogP contribution in [0.2, 0.25) is 0 Å². The van der Waals surface area contributed by atoms with Crippen LogP contribution in [0.15, 0.2) is 0 Å². The molecule has 1 aliphatic heterocycles. The van der Waals surface area contributed by atoms with E-state index in [1.54, 1.807) is 0 Å². The summed E-state index contributed by atoms with van der Waals surface area (Å²) in [4.78, 5) is 0. The highest BCUT2D eigenvalue weighted by Gasteiger charge is 2.44. The first kappa shape index (κ1) is 9.85. The molecular formula is C6H12O6. The molecule has 1 fully saturated rings. The van der Waals surface area contributed by atoms with E-state index < -0.39 is 37.3 Å². The van der Waals surface area contributed by atoms with Crippen LogP contribution in [0.1, 0.15) is 0 Å². The Balaban J connectivity index is 2.58. The summed E-state index contributed by atoms with van der Waals surface area (Å²) in [6.45, 7) is -0.596. The lowest BCUT2D eigenvalue weighted by atomic mass is 10.1. The molecule has 0 aromatic heterocycles. The molecule has 6 nitrogen and oxygen atoms in total. The van der Waals surface area contributed by atoms with Crippen molar-refractivity contribution in [3.63, 3.8) is 0 Å². The number of hydrogen-bond donors (Lipinski definition) is 5. The summed E-state index contributed by atoms with van der Waals surface area (Å²) >= 11 is 0. The molecule has 72 valence electrons. The molecule has 0 spiro atoms. The molecule has 5 atom stereocenters. The van der Waals surface area contributed by atoms with Crippen molar-refractivity contribution in [2.24, 2.45) is 0 Å². The Bertz CT molecular complexity index is 151. The Hall–Kier alpha value is -0.240. The molecule has 6 heteroatoms. The predicted molar refractivity (Wildman–Crippen MR) is 36.0 cm³/mol. The summed E-state index contributed by atoms with van der Waals surface area (Å²) in [6, 6.07) is 0. The lowest BCUT2D eigenvalue weighted by molar-refractivity contribution is -0.150. The SMILES string of the molecule is OCC(O)[C@@H]1OC(O)C(O)[C@H]1O. The fourth-order valence-corrected chi connectivity index (χ4v) is 1.11. The molecule has 5 N–H and O–H groups in total. The van der Waals surface area contributed by atoms with E-state index >= 15 is 0 Å². The Morgan fingerprint density at radius 2 is 1.75 bits per heavy atom. The van der Waals surface area contributed by atoms with Crippen LogP contribution < -0.4 is 0 Å². The molecule has 0 radical (unpaired) electrons. The summed E-state index contributed by atoms with van der Waals surface area (Å²) in [5.41, 5.74) is 0. The first-order valence-corrected chi connectivity index (χ1v) is 3.56.